The van der Waals surface area contributed by atoms with Crippen LogP contribution in [0.15, 0.2) is 29.6 Å². The lowest BCUT2D eigenvalue weighted by Gasteiger charge is -1.98. The molecule has 0 N–H and O–H groups in total. The first-order valence-corrected chi connectivity index (χ1v) is 5.19. The maximum atomic E-state index is 4.14. The van der Waals surface area contributed by atoms with Crippen molar-refractivity contribution >= 4 is 11.3 Å². The van der Waals surface area contributed by atoms with Crippen molar-refractivity contribution < 1.29 is 0 Å². The molecule has 0 saturated carbocycles. The molecule has 2 aromatic rings. The number of hydrogen-bond donors (Lipinski definition) is 0. The maximum absolute atomic E-state index is 4.14. The van der Waals surface area contributed by atoms with E-state index in [0.29, 0.717) is 0 Å². The van der Waals surface area contributed by atoms with Gasteiger partial charge in [-0.3, -0.25) is 0 Å². The van der Waals surface area contributed by atoms with Gasteiger partial charge < -0.3 is 0 Å². The summed E-state index contributed by atoms with van der Waals surface area (Å²) >= 11 is 1.51. The van der Waals surface area contributed by atoms with Gasteiger partial charge >= 0.3 is 0 Å². The minimum Gasteiger partial charge on any atom is -0.233 e. The summed E-state index contributed by atoms with van der Waals surface area (Å²) in [4.78, 5) is 4.14. The van der Waals surface area contributed by atoms with Crippen LogP contribution in [0.25, 0.3) is 11.3 Å². The Labute approximate surface area is 82.1 Å². The predicted molar refractivity (Wildman–Crippen MR) is 55.8 cm³/mol. The molecule has 0 atom stereocenters. The Bertz CT molecular complexity index is 361. The van der Waals surface area contributed by atoms with Gasteiger partial charge in [-0.15, -0.1) is 11.3 Å². The zero-order valence-corrected chi connectivity index (χ0v) is 8.27. The summed E-state index contributed by atoms with van der Waals surface area (Å²) in [6, 6.07) is 8.52. The van der Waals surface area contributed by atoms with E-state index in [1.165, 1.54) is 22.5 Å². The Morgan fingerprint density at radius 3 is 2.62 bits per heavy atom. The van der Waals surface area contributed by atoms with Crippen LogP contribution in [-0.2, 0) is 6.42 Å². The molecule has 0 spiro atoms. The van der Waals surface area contributed by atoms with E-state index in [4.69, 9.17) is 0 Å². The normalized spacial score (nSPS) is 10.2. The molecule has 0 aliphatic rings. The first kappa shape index (κ1) is 8.45. The summed E-state index contributed by atoms with van der Waals surface area (Å²) in [5.41, 5.74) is 6.41. The second-order valence-electron chi connectivity index (χ2n) is 2.87. The van der Waals surface area contributed by atoms with Crippen LogP contribution in [0.5, 0.6) is 0 Å². The third kappa shape index (κ3) is 1.78. The zero-order chi connectivity index (χ0) is 9.10. The summed E-state index contributed by atoms with van der Waals surface area (Å²) in [6.07, 6.45) is 1.09. The van der Waals surface area contributed by atoms with Crippen LogP contribution in [0, 0.1) is 5.51 Å². The van der Waals surface area contributed by atoms with Crippen molar-refractivity contribution in [2.75, 3.05) is 0 Å². The van der Waals surface area contributed by atoms with Gasteiger partial charge in [0.05, 0.1) is 5.69 Å². The van der Waals surface area contributed by atoms with Crippen LogP contribution in [0.3, 0.4) is 0 Å². The van der Waals surface area contributed by atoms with E-state index in [-0.39, 0.29) is 0 Å². The summed E-state index contributed by atoms with van der Waals surface area (Å²) < 4.78 is 0. The van der Waals surface area contributed by atoms with E-state index >= 15 is 0 Å². The molecule has 1 aromatic heterocycles. The third-order valence-electron chi connectivity index (χ3n) is 2.05. The van der Waals surface area contributed by atoms with Crippen LogP contribution in [0.1, 0.15) is 12.5 Å². The SMILES string of the molecule is CCc1ccc(-c2cs[c]n2)cc1. The van der Waals surface area contributed by atoms with E-state index in [1.807, 2.05) is 5.38 Å². The second-order valence-corrected chi connectivity index (χ2v) is 3.53. The quantitative estimate of drug-likeness (QED) is 0.705. The topological polar surface area (TPSA) is 12.9 Å². The molecular formula is C11H10NS. The molecule has 65 valence electrons. The second kappa shape index (κ2) is 3.71. The van der Waals surface area contributed by atoms with Gasteiger partial charge in [0.15, 0.2) is 5.51 Å². The Morgan fingerprint density at radius 1 is 1.31 bits per heavy atom. The number of aromatic nitrogens is 1. The molecule has 0 amide bonds. The van der Waals surface area contributed by atoms with Gasteiger partial charge in [-0.2, -0.15) is 0 Å². The Morgan fingerprint density at radius 2 is 2.08 bits per heavy atom. The van der Waals surface area contributed by atoms with Gasteiger partial charge in [0.1, 0.15) is 0 Å². The first-order chi connectivity index (χ1) is 6.40. The Kier molecular flexibility index (Phi) is 2.41. The van der Waals surface area contributed by atoms with Gasteiger partial charge in [-0.1, -0.05) is 31.2 Å². The third-order valence-corrected chi connectivity index (χ3v) is 2.59. The van der Waals surface area contributed by atoms with E-state index in [1.54, 1.807) is 0 Å². The smallest absolute Gasteiger partial charge is 0.152 e. The van der Waals surface area contributed by atoms with Gasteiger partial charge in [0.25, 0.3) is 0 Å². The van der Waals surface area contributed by atoms with Crippen molar-refractivity contribution in [3.05, 3.63) is 40.7 Å². The number of hydrogen-bond acceptors (Lipinski definition) is 2. The van der Waals surface area contributed by atoms with Gasteiger partial charge in [-0.05, 0) is 12.0 Å². The molecule has 13 heavy (non-hydrogen) atoms. The monoisotopic (exact) mass is 188 g/mol. The fourth-order valence-corrected chi connectivity index (χ4v) is 1.73. The molecule has 0 bridgehead atoms. The molecule has 1 nitrogen and oxygen atoms in total. The highest BCUT2D eigenvalue weighted by atomic mass is 32.1. The molecule has 2 heteroatoms. The lowest BCUT2D eigenvalue weighted by Crippen LogP contribution is -1.80. The van der Waals surface area contributed by atoms with Gasteiger partial charge in [-0.25, -0.2) is 4.98 Å². The van der Waals surface area contributed by atoms with E-state index in [9.17, 15) is 0 Å². The standard InChI is InChI=1S/C11H10NS/c1-2-9-3-5-10(6-4-9)11-7-13-8-12-11/h3-7H,2H2,1H3. The van der Waals surface area contributed by atoms with Crippen molar-refractivity contribution in [2.24, 2.45) is 0 Å². The molecule has 1 radical (unpaired) electrons. The summed E-state index contributed by atoms with van der Waals surface area (Å²) in [7, 11) is 0. The van der Waals surface area contributed by atoms with Crippen molar-refractivity contribution in [2.45, 2.75) is 13.3 Å². The number of thiazole rings is 1. The highest BCUT2D eigenvalue weighted by molar-refractivity contribution is 7.07. The molecule has 1 aromatic carbocycles. The summed E-state index contributed by atoms with van der Waals surface area (Å²) in [5.74, 6) is 0. The summed E-state index contributed by atoms with van der Waals surface area (Å²) in [6.45, 7) is 2.16. The minimum atomic E-state index is 1.02. The Hall–Kier alpha value is -1.15. The molecule has 0 saturated heterocycles. The largest absolute Gasteiger partial charge is 0.233 e. The van der Waals surface area contributed by atoms with Crippen LogP contribution < -0.4 is 0 Å². The Balaban J connectivity index is 2.33. The van der Waals surface area contributed by atoms with Crippen molar-refractivity contribution in [1.82, 2.24) is 4.98 Å². The highest BCUT2D eigenvalue weighted by Crippen LogP contribution is 2.18. The zero-order valence-electron chi connectivity index (χ0n) is 7.45. The van der Waals surface area contributed by atoms with Crippen LogP contribution in [0.2, 0.25) is 0 Å². The average molecular weight is 188 g/mol. The van der Waals surface area contributed by atoms with Crippen molar-refractivity contribution in [3.63, 3.8) is 0 Å². The maximum Gasteiger partial charge on any atom is 0.152 e. The molecule has 0 aliphatic carbocycles. The fraction of sp³-hybridized carbons (Fsp3) is 0.182. The van der Waals surface area contributed by atoms with E-state index in [0.717, 1.165) is 12.1 Å². The van der Waals surface area contributed by atoms with Gasteiger partial charge in [0.2, 0.25) is 0 Å². The molecule has 0 unspecified atom stereocenters. The molecule has 1 heterocycles. The molecule has 0 fully saturated rings. The van der Waals surface area contributed by atoms with E-state index in [2.05, 4.69) is 41.7 Å². The predicted octanol–water partition coefficient (Wildman–Crippen LogP) is 3.17. The van der Waals surface area contributed by atoms with E-state index < -0.39 is 0 Å². The number of rotatable bonds is 2. The first-order valence-electron chi connectivity index (χ1n) is 4.31. The molecule has 0 aliphatic heterocycles. The lowest BCUT2D eigenvalue weighted by atomic mass is 10.1. The van der Waals surface area contributed by atoms with Crippen LogP contribution >= 0.6 is 11.3 Å². The number of aryl methyl sites for hydroxylation is 1. The highest BCUT2D eigenvalue weighted by Gasteiger charge is 1.98. The number of nitrogens with zero attached hydrogens (tertiary/aromatic N) is 1. The van der Waals surface area contributed by atoms with Gasteiger partial charge in [0, 0.05) is 10.9 Å². The number of benzene rings is 1. The molecular weight excluding hydrogens is 178 g/mol. The van der Waals surface area contributed by atoms with Crippen LogP contribution in [-0.4, -0.2) is 4.98 Å². The molecule has 2 rings (SSSR count). The average Bonchev–Trinajstić information content (AvgIpc) is 2.71. The summed E-state index contributed by atoms with van der Waals surface area (Å²) in [5, 5.41) is 2.01. The van der Waals surface area contributed by atoms with Crippen LogP contribution in [0.4, 0.5) is 0 Å². The van der Waals surface area contributed by atoms with Crippen molar-refractivity contribution in [1.29, 1.82) is 0 Å². The lowest BCUT2D eigenvalue weighted by molar-refractivity contribution is 1.14. The fourth-order valence-electron chi connectivity index (χ4n) is 1.23. The van der Waals surface area contributed by atoms with Crippen molar-refractivity contribution in [3.8, 4) is 11.3 Å². The minimum absolute atomic E-state index is 1.02.